The Kier molecular flexibility index (Phi) is 3.90. The van der Waals surface area contributed by atoms with Gasteiger partial charge >= 0.3 is 5.97 Å². The predicted molar refractivity (Wildman–Crippen MR) is 70.1 cm³/mol. The van der Waals surface area contributed by atoms with Gasteiger partial charge in [0.25, 0.3) is 0 Å². The lowest BCUT2D eigenvalue weighted by Gasteiger charge is -2.20. The molecule has 0 saturated heterocycles. The number of methoxy groups -OCH3 is 1. The van der Waals surface area contributed by atoms with Crippen molar-refractivity contribution in [2.75, 3.05) is 7.11 Å². The van der Waals surface area contributed by atoms with E-state index in [1.165, 1.54) is 11.1 Å². The second-order valence-electron chi connectivity index (χ2n) is 4.94. The van der Waals surface area contributed by atoms with Crippen LogP contribution >= 0.6 is 0 Å². The number of carbonyl (C=O) groups is 1. The van der Waals surface area contributed by atoms with E-state index >= 15 is 0 Å². The number of benzene rings is 1. The highest BCUT2D eigenvalue weighted by molar-refractivity contribution is 5.72. The third-order valence-corrected chi connectivity index (χ3v) is 3.88. The van der Waals surface area contributed by atoms with E-state index in [4.69, 9.17) is 4.74 Å². The zero-order valence-electron chi connectivity index (χ0n) is 11.0. The van der Waals surface area contributed by atoms with Crippen molar-refractivity contribution in [3.63, 3.8) is 0 Å². The lowest BCUT2D eigenvalue weighted by Crippen LogP contribution is -2.20. The van der Waals surface area contributed by atoms with Gasteiger partial charge in [0.1, 0.15) is 5.75 Å². The highest BCUT2D eigenvalue weighted by Gasteiger charge is 2.33. The molecule has 3 nitrogen and oxygen atoms in total. The van der Waals surface area contributed by atoms with Crippen molar-refractivity contribution in [3.05, 3.63) is 29.3 Å². The van der Waals surface area contributed by atoms with Gasteiger partial charge in [-0.3, -0.25) is 4.79 Å². The van der Waals surface area contributed by atoms with Gasteiger partial charge in [-0.1, -0.05) is 19.4 Å². The first kappa shape index (κ1) is 12.9. The third-order valence-electron chi connectivity index (χ3n) is 3.88. The van der Waals surface area contributed by atoms with Crippen LogP contribution < -0.4 is 4.74 Å². The van der Waals surface area contributed by atoms with Crippen molar-refractivity contribution in [1.82, 2.24) is 0 Å². The highest BCUT2D eigenvalue weighted by Crippen LogP contribution is 2.41. The molecule has 1 aromatic rings. The number of hydrogen-bond donors (Lipinski definition) is 1. The third kappa shape index (κ3) is 2.35. The molecule has 1 aliphatic rings. The molecule has 98 valence electrons. The number of fused-ring (bicyclic) bond motifs is 1. The van der Waals surface area contributed by atoms with E-state index in [1.54, 1.807) is 7.11 Å². The van der Waals surface area contributed by atoms with Gasteiger partial charge in [0.15, 0.2) is 0 Å². The van der Waals surface area contributed by atoms with Gasteiger partial charge in [-0.05, 0) is 48.4 Å². The molecule has 1 aliphatic carbocycles. The number of carboxylic acid groups (broad SMARTS) is 1. The van der Waals surface area contributed by atoms with Crippen molar-refractivity contribution in [2.45, 2.75) is 38.5 Å². The lowest BCUT2D eigenvalue weighted by atomic mass is 9.84. The van der Waals surface area contributed by atoms with E-state index in [2.05, 4.69) is 0 Å². The zero-order valence-corrected chi connectivity index (χ0v) is 11.0. The number of hydrogen-bond acceptors (Lipinski definition) is 2. The highest BCUT2D eigenvalue weighted by atomic mass is 16.5. The van der Waals surface area contributed by atoms with Gasteiger partial charge in [0.05, 0.1) is 13.0 Å². The summed E-state index contributed by atoms with van der Waals surface area (Å²) in [7, 11) is 1.66. The van der Waals surface area contributed by atoms with Crippen LogP contribution in [0.3, 0.4) is 0 Å². The predicted octanol–water partition coefficient (Wildman–Crippen LogP) is 3.23. The zero-order chi connectivity index (χ0) is 13.1. The molecule has 0 spiro atoms. The molecular formula is C15H20O3. The Bertz CT molecular complexity index is 439. The fourth-order valence-electron chi connectivity index (χ4n) is 2.98. The standard InChI is InChI=1S/C15H20O3/c1-3-4-14(15(16)17)13-7-5-10-9-11(18-2)6-8-12(10)13/h6,8-9,13-14H,3-5,7H2,1-2H3,(H,16,17)/t13-,14+/m1/s1. The summed E-state index contributed by atoms with van der Waals surface area (Å²) in [5.74, 6) is 0.121. The van der Waals surface area contributed by atoms with E-state index in [-0.39, 0.29) is 11.8 Å². The van der Waals surface area contributed by atoms with Gasteiger partial charge in [0.2, 0.25) is 0 Å². The molecule has 0 aliphatic heterocycles. The monoisotopic (exact) mass is 248 g/mol. The number of carboxylic acids is 1. The van der Waals surface area contributed by atoms with Crippen LogP contribution in [-0.2, 0) is 11.2 Å². The fourth-order valence-corrected chi connectivity index (χ4v) is 2.98. The average molecular weight is 248 g/mol. The quantitative estimate of drug-likeness (QED) is 0.870. The Morgan fingerprint density at radius 3 is 2.94 bits per heavy atom. The summed E-state index contributed by atoms with van der Waals surface area (Å²) >= 11 is 0. The van der Waals surface area contributed by atoms with E-state index in [1.807, 2.05) is 25.1 Å². The molecule has 0 unspecified atom stereocenters. The normalized spacial score (nSPS) is 19.3. The molecule has 0 heterocycles. The average Bonchev–Trinajstić information content (AvgIpc) is 2.78. The number of aliphatic carboxylic acids is 1. The maximum atomic E-state index is 11.4. The molecule has 0 fully saturated rings. The molecular weight excluding hydrogens is 228 g/mol. The van der Waals surface area contributed by atoms with Crippen LogP contribution in [0, 0.1) is 5.92 Å². The summed E-state index contributed by atoms with van der Waals surface area (Å²) < 4.78 is 5.21. The Balaban J connectivity index is 2.27. The molecule has 0 amide bonds. The maximum absolute atomic E-state index is 11.4. The summed E-state index contributed by atoms with van der Waals surface area (Å²) in [6.07, 6.45) is 3.58. The minimum absolute atomic E-state index is 0.170. The first-order valence-corrected chi connectivity index (χ1v) is 6.57. The van der Waals surface area contributed by atoms with Crippen LogP contribution in [0.1, 0.15) is 43.2 Å². The van der Waals surface area contributed by atoms with Crippen LogP contribution in [0.5, 0.6) is 5.75 Å². The number of ether oxygens (including phenoxy) is 1. The Morgan fingerprint density at radius 2 is 2.33 bits per heavy atom. The molecule has 0 aromatic heterocycles. The molecule has 18 heavy (non-hydrogen) atoms. The molecule has 2 rings (SSSR count). The van der Waals surface area contributed by atoms with Crippen LogP contribution in [0.15, 0.2) is 18.2 Å². The smallest absolute Gasteiger partial charge is 0.307 e. The van der Waals surface area contributed by atoms with Gasteiger partial charge in [-0.15, -0.1) is 0 Å². The summed E-state index contributed by atoms with van der Waals surface area (Å²) in [6, 6.07) is 6.01. The Hall–Kier alpha value is -1.51. The maximum Gasteiger partial charge on any atom is 0.307 e. The number of aryl methyl sites for hydroxylation is 1. The van der Waals surface area contributed by atoms with E-state index < -0.39 is 5.97 Å². The largest absolute Gasteiger partial charge is 0.497 e. The van der Waals surface area contributed by atoms with Gasteiger partial charge in [-0.25, -0.2) is 0 Å². The van der Waals surface area contributed by atoms with Crippen molar-refractivity contribution in [3.8, 4) is 5.75 Å². The minimum Gasteiger partial charge on any atom is -0.497 e. The molecule has 0 radical (unpaired) electrons. The summed E-state index contributed by atoms with van der Waals surface area (Å²) in [4.78, 5) is 11.4. The van der Waals surface area contributed by atoms with E-state index in [0.29, 0.717) is 0 Å². The minimum atomic E-state index is -0.662. The fraction of sp³-hybridized carbons (Fsp3) is 0.533. The summed E-state index contributed by atoms with van der Waals surface area (Å²) in [6.45, 7) is 2.04. The van der Waals surface area contributed by atoms with Crippen LogP contribution in [0.4, 0.5) is 0 Å². The Labute approximate surface area is 108 Å². The van der Waals surface area contributed by atoms with Gasteiger partial charge < -0.3 is 9.84 Å². The van der Waals surface area contributed by atoms with E-state index in [0.717, 1.165) is 31.4 Å². The number of rotatable bonds is 5. The molecule has 3 heteroatoms. The van der Waals surface area contributed by atoms with E-state index in [9.17, 15) is 9.90 Å². The second-order valence-corrected chi connectivity index (χ2v) is 4.94. The van der Waals surface area contributed by atoms with Crippen molar-refractivity contribution in [2.24, 2.45) is 5.92 Å². The first-order valence-electron chi connectivity index (χ1n) is 6.57. The van der Waals surface area contributed by atoms with Crippen LogP contribution in [0.25, 0.3) is 0 Å². The lowest BCUT2D eigenvalue weighted by molar-refractivity contribution is -0.142. The van der Waals surface area contributed by atoms with Crippen molar-refractivity contribution in [1.29, 1.82) is 0 Å². The molecule has 1 N–H and O–H groups in total. The first-order chi connectivity index (χ1) is 8.67. The Morgan fingerprint density at radius 1 is 1.56 bits per heavy atom. The summed E-state index contributed by atoms with van der Waals surface area (Å²) in [5.41, 5.74) is 2.46. The van der Waals surface area contributed by atoms with Gasteiger partial charge in [-0.2, -0.15) is 0 Å². The van der Waals surface area contributed by atoms with Crippen molar-refractivity contribution < 1.29 is 14.6 Å². The molecule has 0 bridgehead atoms. The van der Waals surface area contributed by atoms with Crippen LogP contribution in [0.2, 0.25) is 0 Å². The second kappa shape index (κ2) is 5.42. The molecule has 1 aromatic carbocycles. The van der Waals surface area contributed by atoms with Crippen molar-refractivity contribution >= 4 is 5.97 Å². The van der Waals surface area contributed by atoms with Crippen LogP contribution in [-0.4, -0.2) is 18.2 Å². The molecule has 0 saturated carbocycles. The topological polar surface area (TPSA) is 46.5 Å². The summed E-state index contributed by atoms with van der Waals surface area (Å²) in [5, 5.41) is 9.37. The SMILES string of the molecule is CCC[C@H](C(=O)O)[C@@H]1CCc2cc(OC)ccc21. The molecule has 2 atom stereocenters. The van der Waals surface area contributed by atoms with Gasteiger partial charge in [0, 0.05) is 0 Å².